The summed E-state index contributed by atoms with van der Waals surface area (Å²) in [5.41, 5.74) is 1.29. The average molecular weight is 537 g/mol. The first-order chi connectivity index (χ1) is 17.8. The molecule has 2 N–H and O–H groups in total. The number of fused-ring (bicyclic) bond motifs is 1. The number of benzene rings is 3. The largest absolute Gasteiger partial charge is 0.507 e. The number of hydrogen-bond acceptors (Lipinski definition) is 8. The van der Waals surface area contributed by atoms with Crippen LogP contribution in [-0.4, -0.2) is 40.6 Å². The van der Waals surface area contributed by atoms with E-state index in [0.717, 1.165) is 4.70 Å². The number of aromatic nitrogens is 1. The summed E-state index contributed by atoms with van der Waals surface area (Å²) in [6.45, 7) is 2.07. The van der Waals surface area contributed by atoms with Crippen molar-refractivity contribution in [2.75, 3.05) is 18.6 Å². The van der Waals surface area contributed by atoms with E-state index in [0.29, 0.717) is 34.0 Å². The normalized spacial score (nSPS) is 16.9. The molecule has 0 saturated carbocycles. The highest BCUT2D eigenvalue weighted by molar-refractivity contribution is 7.22. The first kappa shape index (κ1) is 24.6. The number of carbonyl (C=O) groups excluding carboxylic acids is 2. The minimum absolute atomic E-state index is 0.0904. The van der Waals surface area contributed by atoms with Crippen molar-refractivity contribution < 1.29 is 29.3 Å². The van der Waals surface area contributed by atoms with E-state index >= 15 is 0 Å². The number of phenols is 1. The number of aromatic hydroxyl groups is 1. The number of phenolic OH excluding ortho intramolecular Hbond substituents is 1. The molecular formula is C27H21ClN2O6S. The highest BCUT2D eigenvalue weighted by Gasteiger charge is 2.48. The van der Waals surface area contributed by atoms with Crippen molar-refractivity contribution in [1.29, 1.82) is 0 Å². The van der Waals surface area contributed by atoms with Crippen molar-refractivity contribution in [3.63, 3.8) is 0 Å². The van der Waals surface area contributed by atoms with E-state index in [1.165, 1.54) is 22.3 Å². The molecule has 37 heavy (non-hydrogen) atoms. The van der Waals surface area contributed by atoms with E-state index in [1.807, 2.05) is 0 Å². The van der Waals surface area contributed by atoms with Crippen molar-refractivity contribution in [3.8, 4) is 17.2 Å². The van der Waals surface area contributed by atoms with Gasteiger partial charge in [0.25, 0.3) is 5.78 Å². The Balaban J connectivity index is 1.73. The number of aliphatic hydroxyl groups is 1. The van der Waals surface area contributed by atoms with Crippen LogP contribution in [0, 0.1) is 0 Å². The number of halogens is 1. The predicted octanol–water partition coefficient (Wildman–Crippen LogP) is 5.69. The second-order valence-electron chi connectivity index (χ2n) is 8.17. The lowest BCUT2D eigenvalue weighted by Gasteiger charge is -2.23. The van der Waals surface area contributed by atoms with Gasteiger partial charge in [-0.05, 0) is 67.1 Å². The van der Waals surface area contributed by atoms with Crippen LogP contribution in [0.3, 0.4) is 0 Å². The lowest BCUT2D eigenvalue weighted by Crippen LogP contribution is -2.29. The maximum Gasteiger partial charge on any atom is 0.301 e. The van der Waals surface area contributed by atoms with Crippen LogP contribution in [0.2, 0.25) is 5.02 Å². The lowest BCUT2D eigenvalue weighted by atomic mass is 9.95. The molecule has 0 radical (unpaired) electrons. The summed E-state index contributed by atoms with van der Waals surface area (Å²) in [5, 5.41) is 22.2. The van der Waals surface area contributed by atoms with Gasteiger partial charge in [0.1, 0.15) is 11.5 Å². The lowest BCUT2D eigenvalue weighted by molar-refractivity contribution is -0.132. The van der Waals surface area contributed by atoms with Gasteiger partial charge in [-0.25, -0.2) is 4.98 Å². The number of aliphatic hydroxyl groups excluding tert-OH is 1. The average Bonchev–Trinajstić information content (AvgIpc) is 3.43. The summed E-state index contributed by atoms with van der Waals surface area (Å²) >= 11 is 7.21. The Hall–Kier alpha value is -4.08. The molecule has 2 heterocycles. The molecule has 1 aliphatic rings. The van der Waals surface area contributed by atoms with Crippen molar-refractivity contribution in [2.24, 2.45) is 0 Å². The van der Waals surface area contributed by atoms with Crippen LogP contribution in [0.15, 0.2) is 66.2 Å². The maximum atomic E-state index is 13.4. The van der Waals surface area contributed by atoms with E-state index in [4.69, 9.17) is 21.1 Å². The molecule has 1 amide bonds. The number of rotatable bonds is 6. The minimum Gasteiger partial charge on any atom is -0.507 e. The zero-order chi connectivity index (χ0) is 26.3. The van der Waals surface area contributed by atoms with Crippen molar-refractivity contribution >= 4 is 55.7 Å². The van der Waals surface area contributed by atoms with E-state index in [9.17, 15) is 19.8 Å². The van der Waals surface area contributed by atoms with Crippen LogP contribution in [-0.2, 0) is 9.59 Å². The molecule has 5 rings (SSSR count). The van der Waals surface area contributed by atoms with Crippen molar-refractivity contribution in [1.82, 2.24) is 4.98 Å². The van der Waals surface area contributed by atoms with Crippen LogP contribution in [0.1, 0.15) is 24.1 Å². The Morgan fingerprint density at radius 1 is 1.11 bits per heavy atom. The fraction of sp³-hybridized carbons (Fsp3) is 0.148. The van der Waals surface area contributed by atoms with Gasteiger partial charge < -0.3 is 19.7 Å². The smallest absolute Gasteiger partial charge is 0.301 e. The summed E-state index contributed by atoms with van der Waals surface area (Å²) < 4.78 is 11.6. The Bertz CT molecular complexity index is 1560. The highest BCUT2D eigenvalue weighted by atomic mass is 35.5. The molecule has 1 fully saturated rings. The first-order valence-corrected chi connectivity index (χ1v) is 12.5. The standard InChI is InChI=1S/C27H21ClN2O6S/c1-3-36-20-12-15(6-11-19(20)31)23-22(24(32)14-4-7-16(28)8-5-14)25(33)26(34)30(23)27-29-18-10-9-17(35-2)13-21(18)37-27/h4-13,23,31-32H,3H2,1-2H3. The van der Waals surface area contributed by atoms with Crippen molar-refractivity contribution in [2.45, 2.75) is 13.0 Å². The molecule has 4 aromatic rings. The topological polar surface area (TPSA) is 109 Å². The van der Waals surface area contributed by atoms with Gasteiger partial charge in [0.15, 0.2) is 16.6 Å². The predicted molar refractivity (Wildman–Crippen MR) is 142 cm³/mol. The number of methoxy groups -OCH3 is 1. The SMILES string of the molecule is CCOc1cc(C2C(=C(O)c3ccc(Cl)cc3)C(=O)C(=O)N2c2nc3ccc(OC)cc3s2)ccc1O. The number of Topliss-reactive ketones (excluding diaryl/α,β-unsaturated/α-hetero) is 1. The van der Waals surface area contributed by atoms with Gasteiger partial charge >= 0.3 is 5.91 Å². The van der Waals surface area contributed by atoms with E-state index in [1.54, 1.807) is 68.6 Å². The first-order valence-electron chi connectivity index (χ1n) is 11.3. The molecule has 1 saturated heterocycles. The van der Waals surface area contributed by atoms with Crippen LogP contribution >= 0.6 is 22.9 Å². The Morgan fingerprint density at radius 2 is 1.86 bits per heavy atom. The zero-order valence-corrected chi connectivity index (χ0v) is 21.3. The van der Waals surface area contributed by atoms with Crippen LogP contribution in [0.25, 0.3) is 16.0 Å². The number of thiazole rings is 1. The number of hydrogen-bond donors (Lipinski definition) is 2. The molecule has 0 aliphatic carbocycles. The monoisotopic (exact) mass is 536 g/mol. The van der Waals surface area contributed by atoms with E-state index in [2.05, 4.69) is 4.98 Å². The van der Waals surface area contributed by atoms with Gasteiger partial charge in [0, 0.05) is 10.6 Å². The Kier molecular flexibility index (Phi) is 6.49. The molecule has 3 aromatic carbocycles. The Labute approximate surface area is 221 Å². The number of amides is 1. The fourth-order valence-electron chi connectivity index (χ4n) is 4.20. The van der Waals surface area contributed by atoms with Crippen LogP contribution in [0.5, 0.6) is 17.2 Å². The minimum atomic E-state index is -1.03. The van der Waals surface area contributed by atoms with Gasteiger partial charge in [-0.15, -0.1) is 0 Å². The Morgan fingerprint density at radius 3 is 2.57 bits per heavy atom. The summed E-state index contributed by atoms with van der Waals surface area (Å²) in [6.07, 6.45) is 0. The molecule has 1 unspecified atom stereocenters. The third-order valence-corrected chi connectivity index (χ3v) is 7.22. The van der Waals surface area contributed by atoms with E-state index in [-0.39, 0.29) is 28.0 Å². The maximum absolute atomic E-state index is 13.4. The second kappa shape index (κ2) is 9.76. The van der Waals surface area contributed by atoms with Gasteiger partial charge in [-0.2, -0.15) is 0 Å². The molecule has 0 bridgehead atoms. The molecule has 188 valence electrons. The molecular weight excluding hydrogens is 516 g/mol. The van der Waals surface area contributed by atoms with E-state index < -0.39 is 17.7 Å². The molecule has 1 aliphatic heterocycles. The van der Waals surface area contributed by atoms with Gasteiger partial charge in [0.05, 0.1) is 35.5 Å². The number of ether oxygens (including phenoxy) is 2. The number of anilines is 1. The summed E-state index contributed by atoms with van der Waals surface area (Å²) in [4.78, 5) is 32.7. The van der Waals surface area contributed by atoms with Gasteiger partial charge in [-0.1, -0.05) is 29.0 Å². The fourth-order valence-corrected chi connectivity index (χ4v) is 5.35. The summed E-state index contributed by atoms with van der Waals surface area (Å²) in [7, 11) is 1.55. The van der Waals surface area contributed by atoms with Gasteiger partial charge in [-0.3, -0.25) is 14.5 Å². The third kappa shape index (κ3) is 4.36. The van der Waals surface area contributed by atoms with Crippen molar-refractivity contribution in [3.05, 3.63) is 82.4 Å². The molecule has 10 heteroatoms. The molecule has 0 spiro atoms. The zero-order valence-electron chi connectivity index (χ0n) is 19.8. The van der Waals surface area contributed by atoms with Crippen LogP contribution in [0.4, 0.5) is 5.13 Å². The molecule has 8 nitrogen and oxygen atoms in total. The third-order valence-electron chi connectivity index (χ3n) is 5.95. The highest BCUT2D eigenvalue weighted by Crippen LogP contribution is 2.46. The summed E-state index contributed by atoms with van der Waals surface area (Å²) in [6, 6.07) is 15.1. The van der Waals surface area contributed by atoms with Crippen LogP contribution < -0.4 is 14.4 Å². The number of nitrogens with zero attached hydrogens (tertiary/aromatic N) is 2. The number of carbonyl (C=O) groups is 2. The quantitative estimate of drug-likeness (QED) is 0.185. The number of ketones is 1. The molecule has 1 aromatic heterocycles. The summed E-state index contributed by atoms with van der Waals surface area (Å²) in [5.74, 6) is -1.32. The second-order valence-corrected chi connectivity index (χ2v) is 9.61. The molecule has 1 atom stereocenters. The van der Waals surface area contributed by atoms with Gasteiger partial charge in [0.2, 0.25) is 0 Å².